The Bertz CT molecular complexity index is 2790. The first-order chi connectivity index (χ1) is 25.1. The van der Waals surface area contributed by atoms with Crippen LogP contribution in [0.15, 0.2) is 146 Å². The zero-order chi connectivity index (χ0) is 35.5. The van der Waals surface area contributed by atoms with Gasteiger partial charge in [0.15, 0.2) is 0 Å². The highest BCUT2D eigenvalue weighted by molar-refractivity contribution is 6.21. The maximum atomic E-state index is 2.50. The van der Waals surface area contributed by atoms with Crippen LogP contribution in [0.4, 0.5) is 0 Å². The van der Waals surface area contributed by atoms with E-state index in [1.165, 1.54) is 111 Å². The molecule has 0 fully saturated rings. The molecule has 0 radical (unpaired) electrons. The lowest BCUT2D eigenvalue weighted by Gasteiger charge is -2.24. The number of rotatable bonds is 3. The van der Waals surface area contributed by atoms with Crippen molar-refractivity contribution in [3.8, 4) is 55.6 Å². The van der Waals surface area contributed by atoms with Crippen molar-refractivity contribution in [2.24, 2.45) is 0 Å². The van der Waals surface area contributed by atoms with Gasteiger partial charge in [0, 0.05) is 10.8 Å². The van der Waals surface area contributed by atoms with Crippen molar-refractivity contribution in [2.45, 2.75) is 52.4 Å². The van der Waals surface area contributed by atoms with Gasteiger partial charge < -0.3 is 0 Å². The molecule has 8 aromatic carbocycles. The van der Waals surface area contributed by atoms with Crippen LogP contribution in [-0.4, -0.2) is 0 Å². The quantitative estimate of drug-likeness (QED) is 0.165. The fourth-order valence-corrected chi connectivity index (χ4v) is 9.62. The largest absolute Gasteiger partial charge is 0.0622 e. The Balaban J connectivity index is 1.13. The highest BCUT2D eigenvalue weighted by Crippen LogP contribution is 2.53. The predicted octanol–water partition coefficient (Wildman–Crippen LogP) is 14.2. The summed E-state index contributed by atoms with van der Waals surface area (Å²) in [5.74, 6) is 0. The maximum absolute atomic E-state index is 2.50. The Labute approximate surface area is 307 Å². The fourth-order valence-electron chi connectivity index (χ4n) is 9.62. The molecule has 0 aliphatic heterocycles. The van der Waals surface area contributed by atoms with E-state index in [1.807, 2.05) is 0 Å². The molecule has 52 heavy (non-hydrogen) atoms. The van der Waals surface area contributed by atoms with Crippen LogP contribution >= 0.6 is 0 Å². The van der Waals surface area contributed by atoms with Gasteiger partial charge in [-0.15, -0.1) is 0 Å². The molecular weight excluding hydrogens is 625 g/mol. The summed E-state index contributed by atoms with van der Waals surface area (Å²) in [5, 5.41) is 5.23. The summed E-state index contributed by atoms with van der Waals surface area (Å²) in [6.07, 6.45) is 0. The van der Waals surface area contributed by atoms with Crippen LogP contribution in [0.25, 0.3) is 77.2 Å². The minimum absolute atomic E-state index is 0.0184. The molecular formula is C52H42. The molecule has 10 rings (SSSR count). The third-order valence-electron chi connectivity index (χ3n) is 12.6. The molecule has 0 spiro atoms. The zero-order valence-corrected chi connectivity index (χ0v) is 30.9. The molecule has 2 aliphatic carbocycles. The molecule has 0 heteroatoms. The van der Waals surface area contributed by atoms with Crippen LogP contribution < -0.4 is 0 Å². The summed E-state index contributed by atoms with van der Waals surface area (Å²) in [6.45, 7) is 14.0. The molecule has 0 bridgehead atoms. The van der Waals surface area contributed by atoms with Crippen molar-refractivity contribution in [3.63, 3.8) is 0 Å². The van der Waals surface area contributed by atoms with Crippen molar-refractivity contribution in [2.75, 3.05) is 0 Å². The highest BCUT2D eigenvalue weighted by atomic mass is 14.4. The van der Waals surface area contributed by atoms with E-state index >= 15 is 0 Å². The molecule has 250 valence electrons. The van der Waals surface area contributed by atoms with Crippen LogP contribution in [0.1, 0.15) is 61.1 Å². The van der Waals surface area contributed by atoms with Gasteiger partial charge in [0.05, 0.1) is 0 Å². The van der Waals surface area contributed by atoms with Crippen LogP contribution in [0.5, 0.6) is 0 Å². The second-order valence-electron chi connectivity index (χ2n) is 16.2. The molecule has 0 aromatic heterocycles. The van der Waals surface area contributed by atoms with Gasteiger partial charge in [-0.05, 0) is 143 Å². The summed E-state index contributed by atoms with van der Waals surface area (Å²) >= 11 is 0. The Morgan fingerprint density at radius 1 is 0.308 bits per heavy atom. The zero-order valence-electron chi connectivity index (χ0n) is 30.9. The predicted molar refractivity (Wildman–Crippen MR) is 222 cm³/mol. The van der Waals surface area contributed by atoms with Crippen molar-refractivity contribution < 1.29 is 0 Å². The average molecular weight is 667 g/mol. The molecule has 0 saturated carbocycles. The molecule has 0 nitrogen and oxygen atoms in total. The second kappa shape index (κ2) is 10.9. The van der Waals surface area contributed by atoms with Crippen molar-refractivity contribution in [3.05, 3.63) is 179 Å². The van der Waals surface area contributed by atoms with E-state index in [9.17, 15) is 0 Å². The van der Waals surface area contributed by atoms with Gasteiger partial charge in [0.25, 0.3) is 0 Å². The Morgan fingerprint density at radius 2 is 0.712 bits per heavy atom. The number of benzene rings is 8. The number of hydrogen-bond donors (Lipinski definition) is 0. The van der Waals surface area contributed by atoms with E-state index in [1.54, 1.807) is 0 Å². The summed E-state index contributed by atoms with van der Waals surface area (Å²) < 4.78 is 0. The lowest BCUT2D eigenvalue weighted by Crippen LogP contribution is -2.15. The molecule has 8 aromatic rings. The monoisotopic (exact) mass is 666 g/mol. The van der Waals surface area contributed by atoms with Gasteiger partial charge in [-0.3, -0.25) is 0 Å². The third-order valence-corrected chi connectivity index (χ3v) is 12.6. The highest BCUT2D eigenvalue weighted by Gasteiger charge is 2.37. The SMILES string of the molecule is Cc1cc2c(-c3ccccc3)c3ccccc3c(-c3ccc4c(c3)C(C)(C)c3cc(-c5ccc6c(c5)C(C)(C)c5ccccc5-6)ccc3-4)c2cc1C. The molecule has 0 heterocycles. The first-order valence-electron chi connectivity index (χ1n) is 18.7. The summed E-state index contributed by atoms with van der Waals surface area (Å²) in [4.78, 5) is 0. The molecule has 0 amide bonds. The van der Waals surface area contributed by atoms with E-state index in [0.29, 0.717) is 0 Å². The Hall–Kier alpha value is -5.72. The van der Waals surface area contributed by atoms with E-state index in [4.69, 9.17) is 0 Å². The standard InChI is InChI=1S/C52H42/c1-31-26-43-44(27-32(31)2)50(42-18-11-10-17-41(42)49(43)33-14-8-7-9-15-33)36-22-25-40-39-24-21-35(29-47(39)52(5,6)48(40)30-36)34-20-23-38-37-16-12-13-19-45(37)51(3,4)46(38)28-34/h7-30H,1-6H3. The van der Waals surface area contributed by atoms with Crippen LogP contribution in [-0.2, 0) is 10.8 Å². The minimum Gasteiger partial charge on any atom is -0.0622 e. The number of hydrogen-bond acceptors (Lipinski definition) is 0. The molecule has 0 N–H and O–H groups in total. The first kappa shape index (κ1) is 31.1. The molecule has 0 atom stereocenters. The normalized spacial score (nSPS) is 14.7. The van der Waals surface area contributed by atoms with Gasteiger partial charge in [0.1, 0.15) is 0 Å². The van der Waals surface area contributed by atoms with Crippen molar-refractivity contribution >= 4 is 21.5 Å². The van der Waals surface area contributed by atoms with Crippen LogP contribution in [0.2, 0.25) is 0 Å². The van der Waals surface area contributed by atoms with Gasteiger partial charge >= 0.3 is 0 Å². The van der Waals surface area contributed by atoms with E-state index in [-0.39, 0.29) is 10.8 Å². The van der Waals surface area contributed by atoms with Crippen LogP contribution in [0.3, 0.4) is 0 Å². The average Bonchev–Trinajstić information content (AvgIpc) is 3.53. The topological polar surface area (TPSA) is 0 Å². The fraction of sp³-hybridized carbons (Fsp3) is 0.154. The third kappa shape index (κ3) is 4.28. The Kier molecular flexibility index (Phi) is 6.50. The first-order valence-corrected chi connectivity index (χ1v) is 18.7. The van der Waals surface area contributed by atoms with E-state index in [0.717, 1.165) is 0 Å². The van der Waals surface area contributed by atoms with Gasteiger partial charge in [-0.25, -0.2) is 0 Å². The van der Waals surface area contributed by atoms with E-state index < -0.39 is 0 Å². The molecule has 0 saturated heterocycles. The second-order valence-corrected chi connectivity index (χ2v) is 16.2. The summed E-state index contributed by atoms with van der Waals surface area (Å²) in [7, 11) is 0. The molecule has 0 unspecified atom stereocenters. The smallest absolute Gasteiger partial charge is 0.0159 e. The van der Waals surface area contributed by atoms with Crippen LogP contribution in [0, 0.1) is 13.8 Å². The van der Waals surface area contributed by atoms with Crippen molar-refractivity contribution in [1.82, 2.24) is 0 Å². The maximum Gasteiger partial charge on any atom is 0.0159 e. The summed E-state index contributed by atoms with van der Waals surface area (Å²) in [6, 6.07) is 55.2. The lowest BCUT2D eigenvalue weighted by atomic mass is 9.79. The van der Waals surface area contributed by atoms with Gasteiger partial charge in [-0.1, -0.05) is 155 Å². The number of fused-ring (bicyclic) bond motifs is 8. The van der Waals surface area contributed by atoms with Gasteiger partial charge in [0.2, 0.25) is 0 Å². The Morgan fingerprint density at radius 3 is 1.27 bits per heavy atom. The van der Waals surface area contributed by atoms with Gasteiger partial charge in [-0.2, -0.15) is 0 Å². The number of aryl methyl sites for hydroxylation is 2. The van der Waals surface area contributed by atoms with E-state index in [2.05, 4.69) is 187 Å². The van der Waals surface area contributed by atoms with Crippen molar-refractivity contribution in [1.29, 1.82) is 0 Å². The lowest BCUT2D eigenvalue weighted by molar-refractivity contribution is 0.659. The minimum atomic E-state index is -0.148. The molecule has 2 aliphatic rings. The summed E-state index contributed by atoms with van der Waals surface area (Å²) in [5.41, 5.74) is 21.3.